The Balaban J connectivity index is 2.05. The van der Waals surface area contributed by atoms with E-state index in [4.69, 9.17) is 0 Å². The van der Waals surface area contributed by atoms with Gasteiger partial charge in [-0.2, -0.15) is 0 Å². The van der Waals surface area contributed by atoms with Gasteiger partial charge in [0.05, 0.1) is 0 Å². The second-order valence-corrected chi connectivity index (χ2v) is 8.05. The molecule has 2 aliphatic rings. The van der Waals surface area contributed by atoms with Gasteiger partial charge in [0, 0.05) is 12.1 Å². The molecule has 2 saturated carbocycles. The lowest BCUT2D eigenvalue weighted by Crippen LogP contribution is -2.53. The van der Waals surface area contributed by atoms with Gasteiger partial charge in [0.25, 0.3) is 0 Å². The van der Waals surface area contributed by atoms with E-state index >= 15 is 0 Å². The highest BCUT2D eigenvalue weighted by Crippen LogP contribution is 2.62. The molecule has 0 aromatic carbocycles. The maximum atomic E-state index is 3.97. The first-order valence-corrected chi connectivity index (χ1v) is 7.52. The van der Waals surface area contributed by atoms with Crippen LogP contribution in [0.25, 0.3) is 0 Å². The van der Waals surface area contributed by atoms with Crippen molar-refractivity contribution in [1.29, 1.82) is 0 Å². The SMILES string of the molecule is CC(C)CC(C)NC1C2(C)CCC(C2)C1(C)C. The van der Waals surface area contributed by atoms with Crippen molar-refractivity contribution < 1.29 is 0 Å². The molecule has 17 heavy (non-hydrogen) atoms. The fourth-order valence-electron chi connectivity index (χ4n) is 4.78. The molecule has 1 heteroatoms. The molecule has 0 amide bonds. The van der Waals surface area contributed by atoms with Crippen LogP contribution < -0.4 is 5.32 Å². The Bertz CT molecular complexity index is 276. The molecule has 2 aliphatic carbocycles. The molecule has 0 radical (unpaired) electrons. The van der Waals surface area contributed by atoms with Crippen LogP contribution in [0.2, 0.25) is 0 Å². The number of rotatable bonds is 4. The third-order valence-electron chi connectivity index (χ3n) is 5.55. The summed E-state index contributed by atoms with van der Waals surface area (Å²) >= 11 is 0. The highest BCUT2D eigenvalue weighted by atomic mass is 15.0. The van der Waals surface area contributed by atoms with E-state index < -0.39 is 0 Å². The summed E-state index contributed by atoms with van der Waals surface area (Å²) in [6.07, 6.45) is 5.65. The summed E-state index contributed by atoms with van der Waals surface area (Å²) in [5.74, 6) is 1.75. The molecule has 4 unspecified atom stereocenters. The largest absolute Gasteiger partial charge is 0.310 e. The van der Waals surface area contributed by atoms with Crippen LogP contribution in [-0.2, 0) is 0 Å². The topological polar surface area (TPSA) is 12.0 Å². The molecule has 4 atom stereocenters. The molecule has 1 N–H and O–H groups in total. The van der Waals surface area contributed by atoms with Crippen molar-refractivity contribution in [1.82, 2.24) is 5.32 Å². The average molecular weight is 237 g/mol. The van der Waals surface area contributed by atoms with Gasteiger partial charge in [-0.05, 0) is 55.3 Å². The lowest BCUT2D eigenvalue weighted by atomic mass is 9.68. The molecule has 0 saturated heterocycles. The van der Waals surface area contributed by atoms with Gasteiger partial charge in [0.15, 0.2) is 0 Å². The van der Waals surface area contributed by atoms with Crippen molar-refractivity contribution in [2.75, 3.05) is 0 Å². The minimum Gasteiger partial charge on any atom is -0.310 e. The van der Waals surface area contributed by atoms with E-state index in [2.05, 4.69) is 46.9 Å². The molecule has 2 fully saturated rings. The zero-order chi connectivity index (χ0) is 12.8. The maximum absolute atomic E-state index is 3.97. The molecule has 0 aliphatic heterocycles. The van der Waals surface area contributed by atoms with Crippen molar-refractivity contribution in [3.05, 3.63) is 0 Å². The molecule has 2 rings (SSSR count). The Labute approximate surface area is 108 Å². The van der Waals surface area contributed by atoms with E-state index in [1.165, 1.54) is 25.7 Å². The number of hydrogen-bond acceptors (Lipinski definition) is 1. The van der Waals surface area contributed by atoms with Gasteiger partial charge in [-0.25, -0.2) is 0 Å². The molecule has 0 aromatic heterocycles. The highest BCUT2D eigenvalue weighted by Gasteiger charge is 2.59. The predicted molar refractivity (Wildman–Crippen MR) is 75.1 cm³/mol. The minimum atomic E-state index is 0.498. The van der Waals surface area contributed by atoms with Crippen LogP contribution in [0.15, 0.2) is 0 Å². The molecular formula is C16H31N. The Morgan fingerprint density at radius 1 is 1.18 bits per heavy atom. The van der Waals surface area contributed by atoms with Gasteiger partial charge < -0.3 is 5.32 Å². The van der Waals surface area contributed by atoms with Crippen LogP contribution in [0.5, 0.6) is 0 Å². The van der Waals surface area contributed by atoms with Gasteiger partial charge in [0.2, 0.25) is 0 Å². The number of fused-ring (bicyclic) bond motifs is 2. The Kier molecular flexibility index (Phi) is 3.36. The van der Waals surface area contributed by atoms with E-state index in [9.17, 15) is 0 Å². The van der Waals surface area contributed by atoms with E-state index in [1.807, 2.05) is 0 Å². The van der Waals surface area contributed by atoms with Gasteiger partial charge in [-0.3, -0.25) is 0 Å². The summed E-state index contributed by atoms with van der Waals surface area (Å²) in [6, 6.07) is 1.39. The zero-order valence-corrected chi connectivity index (χ0v) is 12.6. The van der Waals surface area contributed by atoms with Crippen LogP contribution in [0.4, 0.5) is 0 Å². The van der Waals surface area contributed by atoms with Crippen molar-refractivity contribution in [2.45, 2.75) is 79.3 Å². The smallest absolute Gasteiger partial charge is 0.0177 e. The monoisotopic (exact) mass is 237 g/mol. The van der Waals surface area contributed by atoms with E-state index in [0.29, 0.717) is 16.9 Å². The summed E-state index contributed by atoms with van der Waals surface area (Å²) in [5, 5.41) is 3.97. The standard InChI is InChI=1S/C16H31N/c1-11(2)9-12(3)17-14-15(4,5)13-7-8-16(14,6)10-13/h11-14,17H,7-10H2,1-6H3. The number of hydrogen-bond donors (Lipinski definition) is 1. The average Bonchev–Trinajstić information content (AvgIpc) is 2.63. The lowest BCUT2D eigenvalue weighted by molar-refractivity contribution is 0.0975. The summed E-state index contributed by atoms with van der Waals surface area (Å²) in [5.41, 5.74) is 1.07. The highest BCUT2D eigenvalue weighted by molar-refractivity contribution is 5.12. The van der Waals surface area contributed by atoms with Crippen LogP contribution in [0.1, 0.15) is 67.2 Å². The van der Waals surface area contributed by atoms with Crippen molar-refractivity contribution >= 4 is 0 Å². The first kappa shape index (κ1) is 13.4. The lowest BCUT2D eigenvalue weighted by Gasteiger charge is -2.45. The normalized spacial score (nSPS) is 41.1. The summed E-state index contributed by atoms with van der Waals surface area (Å²) in [6.45, 7) is 14.5. The first-order valence-electron chi connectivity index (χ1n) is 7.52. The quantitative estimate of drug-likeness (QED) is 0.771. The van der Waals surface area contributed by atoms with E-state index in [1.54, 1.807) is 0 Å². The second kappa shape index (κ2) is 4.26. The van der Waals surface area contributed by atoms with Gasteiger partial charge in [0.1, 0.15) is 0 Å². The molecule has 0 heterocycles. The predicted octanol–water partition coefficient (Wildman–Crippen LogP) is 4.23. The van der Waals surface area contributed by atoms with Gasteiger partial charge >= 0.3 is 0 Å². The summed E-state index contributed by atoms with van der Waals surface area (Å²) < 4.78 is 0. The Hall–Kier alpha value is -0.0400. The van der Waals surface area contributed by atoms with E-state index in [0.717, 1.165) is 17.9 Å². The van der Waals surface area contributed by atoms with Gasteiger partial charge in [-0.15, -0.1) is 0 Å². The molecule has 2 bridgehead atoms. The molecule has 0 spiro atoms. The fourth-order valence-corrected chi connectivity index (χ4v) is 4.78. The van der Waals surface area contributed by atoms with Crippen molar-refractivity contribution in [3.8, 4) is 0 Å². The molecular weight excluding hydrogens is 206 g/mol. The fraction of sp³-hybridized carbons (Fsp3) is 1.00. The van der Waals surface area contributed by atoms with Gasteiger partial charge in [-0.1, -0.05) is 34.6 Å². The Morgan fingerprint density at radius 3 is 2.29 bits per heavy atom. The van der Waals surface area contributed by atoms with Crippen molar-refractivity contribution in [3.63, 3.8) is 0 Å². The minimum absolute atomic E-state index is 0.498. The third kappa shape index (κ3) is 2.28. The second-order valence-electron chi connectivity index (χ2n) is 8.05. The molecule has 0 aromatic rings. The van der Waals surface area contributed by atoms with Crippen LogP contribution in [0.3, 0.4) is 0 Å². The van der Waals surface area contributed by atoms with Crippen LogP contribution in [-0.4, -0.2) is 12.1 Å². The maximum Gasteiger partial charge on any atom is 0.0177 e. The zero-order valence-electron chi connectivity index (χ0n) is 12.6. The first-order chi connectivity index (χ1) is 7.75. The molecule has 1 nitrogen and oxygen atoms in total. The summed E-state index contributed by atoms with van der Waals surface area (Å²) in [4.78, 5) is 0. The third-order valence-corrected chi connectivity index (χ3v) is 5.55. The van der Waals surface area contributed by atoms with Crippen LogP contribution >= 0.6 is 0 Å². The van der Waals surface area contributed by atoms with Crippen molar-refractivity contribution in [2.24, 2.45) is 22.7 Å². The van der Waals surface area contributed by atoms with E-state index in [-0.39, 0.29) is 0 Å². The molecule has 100 valence electrons. The summed E-state index contributed by atoms with van der Waals surface area (Å²) in [7, 11) is 0. The number of nitrogens with one attached hydrogen (secondary N) is 1. The Morgan fingerprint density at radius 2 is 1.82 bits per heavy atom. The van der Waals surface area contributed by atoms with Crippen LogP contribution in [0, 0.1) is 22.7 Å².